The Balaban J connectivity index is 2.89. The van der Waals surface area contributed by atoms with Crippen LogP contribution in [0.1, 0.15) is 12.5 Å². The van der Waals surface area contributed by atoms with Crippen molar-refractivity contribution in [2.24, 2.45) is 0 Å². The number of carbonyl (C=O) groups is 2. The highest BCUT2D eigenvalue weighted by Crippen LogP contribution is 2.14. The molecule has 0 aliphatic rings. The molecular weight excluding hydrogens is 322 g/mol. The van der Waals surface area contributed by atoms with E-state index in [1.807, 2.05) is 0 Å². The Morgan fingerprint density at radius 2 is 2.00 bits per heavy atom. The molecule has 0 aliphatic heterocycles. The number of hydrogen-bond acceptors (Lipinski definition) is 5. The number of nitrogens with zero attached hydrogens (tertiary/aromatic N) is 1. The molecule has 1 aromatic rings. The van der Waals surface area contributed by atoms with Crippen LogP contribution in [0.3, 0.4) is 0 Å². The van der Waals surface area contributed by atoms with E-state index >= 15 is 0 Å². The minimum Gasteiger partial charge on any atom is -0.480 e. The molecule has 0 bridgehead atoms. The monoisotopic (exact) mass is 343 g/mol. The van der Waals surface area contributed by atoms with Crippen molar-refractivity contribution in [1.82, 2.24) is 4.90 Å². The summed E-state index contributed by atoms with van der Waals surface area (Å²) in [6.45, 7) is 1.51. The topological polar surface area (TPSA) is 101 Å². The molecule has 0 aromatic heterocycles. The van der Waals surface area contributed by atoms with Crippen molar-refractivity contribution >= 4 is 21.7 Å². The number of ether oxygens (including phenoxy) is 1. The Labute approximate surface area is 135 Å². The number of amides is 1. The third-order valence-corrected chi connectivity index (χ3v) is 4.97. The number of rotatable bonds is 9. The summed E-state index contributed by atoms with van der Waals surface area (Å²) in [6, 6.07) is 6.14. The maximum absolute atomic E-state index is 12.2. The van der Waals surface area contributed by atoms with Crippen LogP contribution in [0.15, 0.2) is 29.2 Å². The van der Waals surface area contributed by atoms with Crippen LogP contribution in [0.2, 0.25) is 0 Å². The lowest BCUT2D eigenvalue weighted by atomic mass is 10.1. The van der Waals surface area contributed by atoms with Gasteiger partial charge in [-0.05, 0) is 17.7 Å². The second kappa shape index (κ2) is 8.64. The van der Waals surface area contributed by atoms with E-state index < -0.39 is 28.3 Å². The zero-order chi connectivity index (χ0) is 17.5. The lowest BCUT2D eigenvalue weighted by molar-refractivity contribution is -0.144. The van der Waals surface area contributed by atoms with E-state index in [0.29, 0.717) is 5.56 Å². The summed E-state index contributed by atoms with van der Waals surface area (Å²) in [6.07, 6.45) is -0.0654. The van der Waals surface area contributed by atoms with Crippen LogP contribution in [0.25, 0.3) is 0 Å². The fourth-order valence-electron chi connectivity index (χ4n) is 1.96. The third-order valence-electron chi connectivity index (χ3n) is 3.24. The average molecular weight is 343 g/mol. The van der Waals surface area contributed by atoms with Crippen molar-refractivity contribution in [1.29, 1.82) is 0 Å². The van der Waals surface area contributed by atoms with E-state index in [0.717, 1.165) is 0 Å². The van der Waals surface area contributed by atoms with Gasteiger partial charge in [0.25, 0.3) is 0 Å². The largest absolute Gasteiger partial charge is 0.480 e. The Kier molecular flexibility index (Phi) is 7.18. The van der Waals surface area contributed by atoms with Gasteiger partial charge in [0, 0.05) is 13.7 Å². The number of methoxy groups -OCH3 is 1. The summed E-state index contributed by atoms with van der Waals surface area (Å²) in [5.41, 5.74) is 0.525. The predicted molar refractivity (Wildman–Crippen MR) is 84.0 cm³/mol. The average Bonchev–Trinajstić information content (AvgIpc) is 2.51. The Morgan fingerprint density at radius 1 is 1.30 bits per heavy atom. The number of sulfone groups is 1. The third kappa shape index (κ3) is 5.99. The van der Waals surface area contributed by atoms with E-state index in [4.69, 9.17) is 9.84 Å². The smallest absolute Gasteiger partial charge is 0.323 e. The van der Waals surface area contributed by atoms with E-state index in [1.165, 1.54) is 24.1 Å². The highest BCUT2D eigenvalue weighted by atomic mass is 32.2. The molecule has 128 valence electrons. The van der Waals surface area contributed by atoms with Crippen LogP contribution in [0.4, 0.5) is 0 Å². The van der Waals surface area contributed by atoms with Gasteiger partial charge < -0.3 is 14.7 Å². The molecule has 0 fully saturated rings. The number of aliphatic carboxylic acids is 1. The molecule has 0 atom stereocenters. The normalized spacial score (nSPS) is 11.2. The van der Waals surface area contributed by atoms with Gasteiger partial charge in [0.05, 0.1) is 23.7 Å². The molecule has 0 saturated carbocycles. The van der Waals surface area contributed by atoms with Crippen LogP contribution in [-0.4, -0.2) is 62.9 Å². The van der Waals surface area contributed by atoms with Crippen molar-refractivity contribution in [3.05, 3.63) is 29.8 Å². The van der Waals surface area contributed by atoms with Gasteiger partial charge in [-0.2, -0.15) is 0 Å². The molecular formula is C15H21NO6S. The molecule has 0 unspecified atom stereocenters. The summed E-state index contributed by atoms with van der Waals surface area (Å²) in [4.78, 5) is 24.4. The maximum atomic E-state index is 12.2. The van der Waals surface area contributed by atoms with Gasteiger partial charge in [0.1, 0.15) is 6.54 Å². The molecule has 0 radical (unpaired) electrons. The van der Waals surface area contributed by atoms with Crippen LogP contribution in [0, 0.1) is 0 Å². The molecule has 1 rings (SSSR count). The number of benzene rings is 1. The van der Waals surface area contributed by atoms with Gasteiger partial charge >= 0.3 is 5.97 Å². The van der Waals surface area contributed by atoms with E-state index in [2.05, 4.69) is 0 Å². The van der Waals surface area contributed by atoms with Crippen LogP contribution < -0.4 is 0 Å². The second-order valence-corrected chi connectivity index (χ2v) is 7.21. The maximum Gasteiger partial charge on any atom is 0.323 e. The zero-order valence-electron chi connectivity index (χ0n) is 13.2. The Bertz CT molecular complexity index is 656. The Hall–Kier alpha value is -1.93. The van der Waals surface area contributed by atoms with Gasteiger partial charge in [-0.25, -0.2) is 8.42 Å². The van der Waals surface area contributed by atoms with Gasteiger partial charge in [0.2, 0.25) is 5.91 Å². The summed E-state index contributed by atoms with van der Waals surface area (Å²) in [5.74, 6) is -1.53. The molecule has 0 aliphatic carbocycles. The highest BCUT2D eigenvalue weighted by Gasteiger charge is 2.18. The molecule has 1 aromatic carbocycles. The zero-order valence-corrected chi connectivity index (χ0v) is 14.0. The molecule has 1 N–H and O–H groups in total. The number of carboxylic acid groups (broad SMARTS) is 1. The second-order valence-electron chi connectivity index (χ2n) is 4.93. The molecule has 7 nitrogen and oxygen atoms in total. The molecule has 0 saturated heterocycles. The number of carboxylic acids is 1. The lowest BCUT2D eigenvalue weighted by Gasteiger charge is -2.20. The Morgan fingerprint density at radius 3 is 2.57 bits per heavy atom. The molecule has 0 spiro atoms. The van der Waals surface area contributed by atoms with Crippen molar-refractivity contribution in [3.63, 3.8) is 0 Å². The van der Waals surface area contributed by atoms with Crippen molar-refractivity contribution < 1.29 is 27.9 Å². The standard InChI is InChI=1S/C15H21NO6S/c1-3-23(20,21)13-6-4-5-12(9-13)10-14(17)16(7-8-22-2)11-15(18)19/h4-6,9H,3,7-8,10-11H2,1-2H3,(H,18,19). The molecule has 8 heteroatoms. The minimum atomic E-state index is -3.35. The first-order chi connectivity index (χ1) is 10.8. The first kappa shape index (κ1) is 19.1. The van der Waals surface area contributed by atoms with Crippen molar-refractivity contribution in [2.75, 3.05) is 32.6 Å². The van der Waals surface area contributed by atoms with E-state index in [-0.39, 0.29) is 30.2 Å². The molecule has 0 heterocycles. The van der Waals surface area contributed by atoms with Gasteiger partial charge in [0.15, 0.2) is 9.84 Å². The highest BCUT2D eigenvalue weighted by molar-refractivity contribution is 7.91. The van der Waals surface area contributed by atoms with Crippen LogP contribution >= 0.6 is 0 Å². The number of hydrogen-bond donors (Lipinski definition) is 1. The molecule has 23 heavy (non-hydrogen) atoms. The fourth-order valence-corrected chi connectivity index (χ4v) is 2.91. The molecule has 1 amide bonds. The van der Waals surface area contributed by atoms with Gasteiger partial charge in [-0.1, -0.05) is 19.1 Å². The van der Waals surface area contributed by atoms with Gasteiger partial charge in [-0.15, -0.1) is 0 Å². The number of carbonyl (C=O) groups excluding carboxylic acids is 1. The van der Waals surface area contributed by atoms with Crippen LogP contribution in [0.5, 0.6) is 0 Å². The quantitative estimate of drug-likeness (QED) is 0.704. The fraction of sp³-hybridized carbons (Fsp3) is 0.467. The van der Waals surface area contributed by atoms with Crippen molar-refractivity contribution in [3.8, 4) is 0 Å². The predicted octanol–water partition coefficient (Wildman–Crippen LogP) is 0.582. The first-order valence-corrected chi connectivity index (χ1v) is 8.75. The SMILES string of the molecule is CCS(=O)(=O)c1cccc(CC(=O)N(CCOC)CC(=O)O)c1. The van der Waals surface area contributed by atoms with E-state index in [9.17, 15) is 18.0 Å². The van der Waals surface area contributed by atoms with Crippen LogP contribution in [-0.2, 0) is 30.6 Å². The first-order valence-electron chi connectivity index (χ1n) is 7.10. The minimum absolute atomic E-state index is 0.0244. The summed E-state index contributed by atoms with van der Waals surface area (Å²) in [5, 5.41) is 8.87. The summed E-state index contributed by atoms with van der Waals surface area (Å²) < 4.78 is 28.6. The summed E-state index contributed by atoms with van der Waals surface area (Å²) in [7, 11) is -1.89. The van der Waals surface area contributed by atoms with E-state index in [1.54, 1.807) is 19.1 Å². The van der Waals surface area contributed by atoms with Crippen molar-refractivity contribution in [2.45, 2.75) is 18.2 Å². The van der Waals surface area contributed by atoms with Gasteiger partial charge in [-0.3, -0.25) is 9.59 Å². The summed E-state index contributed by atoms with van der Waals surface area (Å²) >= 11 is 0. The lowest BCUT2D eigenvalue weighted by Crippen LogP contribution is -2.38.